The van der Waals surface area contributed by atoms with Crippen molar-refractivity contribution >= 4 is 45.7 Å². The minimum absolute atomic E-state index is 0.148. The standard InChI is InChI=1S/C24H20ClF5N4O2/c25-12-4-9-18-15(10-12)19(11-20(33-18)24(28,29)30)31-13-5-7-14(8-6-13)32-22(35)23(36)34-21-16(26)2-1-3-17(21)27/h1-4,9-11,13-14H,5-8H2,(H,31,33)(H,32,35)(H,34,36)/t13-,14+. The normalized spacial score (nSPS) is 18.1. The number of para-hydroxylation sites is 1. The number of fused-ring (bicyclic) bond motifs is 1. The fourth-order valence-corrected chi connectivity index (χ4v) is 4.28. The summed E-state index contributed by atoms with van der Waals surface area (Å²) in [5.41, 5.74) is -1.35. The molecule has 1 saturated carbocycles. The molecule has 12 heteroatoms. The number of amides is 2. The zero-order valence-electron chi connectivity index (χ0n) is 18.6. The maximum absolute atomic E-state index is 13.7. The highest BCUT2D eigenvalue weighted by molar-refractivity contribution is 6.39. The molecule has 3 N–H and O–H groups in total. The summed E-state index contributed by atoms with van der Waals surface area (Å²) in [5.74, 6) is -4.28. The third kappa shape index (κ3) is 5.84. The molecule has 1 fully saturated rings. The van der Waals surface area contributed by atoms with E-state index in [1.807, 2.05) is 5.32 Å². The molecular weight excluding hydrogens is 507 g/mol. The van der Waals surface area contributed by atoms with Gasteiger partial charge in [-0.15, -0.1) is 0 Å². The third-order valence-corrected chi connectivity index (χ3v) is 6.13. The summed E-state index contributed by atoms with van der Waals surface area (Å²) in [7, 11) is 0. The van der Waals surface area contributed by atoms with Crippen molar-refractivity contribution in [2.24, 2.45) is 0 Å². The molecule has 1 aliphatic rings. The molecule has 0 unspecified atom stereocenters. The number of nitrogens with one attached hydrogen (secondary N) is 3. The zero-order valence-corrected chi connectivity index (χ0v) is 19.3. The molecule has 0 atom stereocenters. The number of rotatable bonds is 4. The largest absolute Gasteiger partial charge is 0.433 e. The smallest absolute Gasteiger partial charge is 0.382 e. The van der Waals surface area contributed by atoms with E-state index in [1.54, 1.807) is 0 Å². The molecule has 4 rings (SSSR count). The number of halogens is 6. The number of benzene rings is 2. The first-order chi connectivity index (χ1) is 17.0. The van der Waals surface area contributed by atoms with Gasteiger partial charge in [0, 0.05) is 28.2 Å². The van der Waals surface area contributed by atoms with Crippen LogP contribution >= 0.6 is 11.6 Å². The summed E-state index contributed by atoms with van der Waals surface area (Å²) in [6.07, 6.45) is -2.79. The van der Waals surface area contributed by atoms with Crippen molar-refractivity contribution in [1.82, 2.24) is 10.3 Å². The Morgan fingerprint density at radius 1 is 0.917 bits per heavy atom. The quantitative estimate of drug-likeness (QED) is 0.302. The molecule has 3 aromatic rings. The molecule has 190 valence electrons. The van der Waals surface area contributed by atoms with Crippen LogP contribution in [0.2, 0.25) is 5.02 Å². The van der Waals surface area contributed by atoms with Crippen molar-refractivity contribution in [3.05, 3.63) is 64.8 Å². The van der Waals surface area contributed by atoms with E-state index in [0.717, 1.165) is 24.3 Å². The Labute approximate surface area is 207 Å². The zero-order chi connectivity index (χ0) is 26.0. The van der Waals surface area contributed by atoms with E-state index < -0.39 is 41.0 Å². The van der Waals surface area contributed by atoms with Crippen LogP contribution in [0.3, 0.4) is 0 Å². The van der Waals surface area contributed by atoms with E-state index in [4.69, 9.17) is 11.6 Å². The second-order valence-corrected chi connectivity index (χ2v) is 8.87. The van der Waals surface area contributed by atoms with Crippen LogP contribution in [-0.2, 0) is 15.8 Å². The van der Waals surface area contributed by atoms with Crippen LogP contribution in [0.1, 0.15) is 31.4 Å². The number of carbonyl (C=O) groups excluding carboxylic acids is 2. The molecule has 6 nitrogen and oxygen atoms in total. The van der Waals surface area contributed by atoms with Crippen molar-refractivity contribution in [3.63, 3.8) is 0 Å². The van der Waals surface area contributed by atoms with Gasteiger partial charge in [-0.2, -0.15) is 13.2 Å². The number of pyridine rings is 1. The highest BCUT2D eigenvalue weighted by Gasteiger charge is 2.34. The van der Waals surface area contributed by atoms with Crippen molar-refractivity contribution in [2.75, 3.05) is 10.6 Å². The molecule has 2 amide bonds. The molecular formula is C24H20ClF5N4O2. The monoisotopic (exact) mass is 526 g/mol. The van der Waals surface area contributed by atoms with E-state index in [1.165, 1.54) is 18.2 Å². The lowest BCUT2D eigenvalue weighted by Gasteiger charge is -2.30. The molecule has 0 saturated heterocycles. The topological polar surface area (TPSA) is 83.1 Å². The molecule has 0 bridgehead atoms. The van der Waals surface area contributed by atoms with Crippen LogP contribution in [0.5, 0.6) is 0 Å². The van der Waals surface area contributed by atoms with Crippen LogP contribution in [0.25, 0.3) is 10.9 Å². The van der Waals surface area contributed by atoms with E-state index in [0.29, 0.717) is 36.1 Å². The van der Waals surface area contributed by atoms with Gasteiger partial charge in [0.2, 0.25) is 0 Å². The predicted molar refractivity (Wildman–Crippen MR) is 125 cm³/mol. The Balaban J connectivity index is 1.38. The van der Waals surface area contributed by atoms with Crippen LogP contribution in [0.15, 0.2) is 42.5 Å². The number of anilines is 2. The van der Waals surface area contributed by atoms with Crippen molar-refractivity contribution < 1.29 is 31.5 Å². The SMILES string of the molecule is O=C(Nc1c(F)cccc1F)C(=O)N[C@H]1CC[C@@H](Nc2cc(C(F)(F)F)nc3ccc(Cl)cc23)CC1. The third-order valence-electron chi connectivity index (χ3n) is 5.89. The Bertz CT molecular complexity index is 1290. The van der Waals surface area contributed by atoms with Crippen LogP contribution < -0.4 is 16.0 Å². The van der Waals surface area contributed by atoms with E-state index in [2.05, 4.69) is 15.6 Å². The highest BCUT2D eigenvalue weighted by Crippen LogP contribution is 2.35. The minimum Gasteiger partial charge on any atom is -0.382 e. The van der Waals surface area contributed by atoms with Gasteiger partial charge in [-0.05, 0) is 62.1 Å². The second kappa shape index (κ2) is 10.3. The van der Waals surface area contributed by atoms with E-state index in [-0.39, 0.29) is 23.3 Å². The van der Waals surface area contributed by atoms with Gasteiger partial charge < -0.3 is 16.0 Å². The summed E-state index contributed by atoms with van der Waals surface area (Å²) < 4.78 is 67.4. The maximum Gasteiger partial charge on any atom is 0.433 e. The molecule has 0 aliphatic heterocycles. The lowest BCUT2D eigenvalue weighted by Crippen LogP contribution is -2.44. The molecule has 2 aromatic carbocycles. The number of aromatic nitrogens is 1. The minimum atomic E-state index is -4.63. The van der Waals surface area contributed by atoms with Crippen LogP contribution in [0, 0.1) is 11.6 Å². The van der Waals surface area contributed by atoms with Crippen molar-refractivity contribution in [3.8, 4) is 0 Å². The lowest BCUT2D eigenvalue weighted by molar-refractivity contribution is -0.140. The predicted octanol–water partition coefficient (Wildman–Crippen LogP) is 5.66. The summed E-state index contributed by atoms with van der Waals surface area (Å²) in [4.78, 5) is 28.0. The number of hydrogen-bond acceptors (Lipinski definition) is 4. The van der Waals surface area contributed by atoms with Gasteiger partial charge in [0.05, 0.1) is 5.52 Å². The summed E-state index contributed by atoms with van der Waals surface area (Å²) in [5, 5.41) is 8.39. The van der Waals surface area contributed by atoms with Crippen molar-refractivity contribution in [2.45, 2.75) is 43.9 Å². The second-order valence-electron chi connectivity index (χ2n) is 8.43. The lowest BCUT2D eigenvalue weighted by atomic mass is 9.90. The maximum atomic E-state index is 13.7. The molecule has 1 aromatic heterocycles. The Kier molecular flexibility index (Phi) is 7.30. The van der Waals surface area contributed by atoms with Gasteiger partial charge in [-0.3, -0.25) is 9.59 Å². The Morgan fingerprint density at radius 2 is 1.56 bits per heavy atom. The molecule has 36 heavy (non-hydrogen) atoms. The van der Waals surface area contributed by atoms with Crippen LogP contribution in [-0.4, -0.2) is 28.9 Å². The van der Waals surface area contributed by atoms with Gasteiger partial charge in [0.15, 0.2) is 0 Å². The van der Waals surface area contributed by atoms with Crippen LogP contribution in [0.4, 0.5) is 33.3 Å². The summed E-state index contributed by atoms with van der Waals surface area (Å²) >= 11 is 6.03. The number of carbonyl (C=O) groups is 2. The number of nitrogens with zero attached hydrogens (tertiary/aromatic N) is 1. The Hall–Kier alpha value is -3.47. The fraction of sp³-hybridized carbons (Fsp3) is 0.292. The first-order valence-corrected chi connectivity index (χ1v) is 11.4. The molecule has 1 heterocycles. The molecule has 0 radical (unpaired) electrons. The first-order valence-electron chi connectivity index (χ1n) is 11.0. The van der Waals surface area contributed by atoms with Gasteiger partial charge in [-0.1, -0.05) is 17.7 Å². The summed E-state index contributed by atoms with van der Waals surface area (Å²) in [6, 6.07) is 7.79. The van der Waals surface area contributed by atoms with Gasteiger partial charge in [0.25, 0.3) is 0 Å². The highest BCUT2D eigenvalue weighted by atomic mass is 35.5. The van der Waals surface area contributed by atoms with Gasteiger partial charge in [0.1, 0.15) is 23.0 Å². The van der Waals surface area contributed by atoms with Gasteiger partial charge >= 0.3 is 18.0 Å². The first kappa shape index (κ1) is 25.6. The van der Waals surface area contributed by atoms with E-state index >= 15 is 0 Å². The average Bonchev–Trinajstić information content (AvgIpc) is 2.82. The van der Waals surface area contributed by atoms with Crippen molar-refractivity contribution in [1.29, 1.82) is 0 Å². The number of hydrogen-bond donors (Lipinski definition) is 3. The molecule has 0 spiro atoms. The summed E-state index contributed by atoms with van der Waals surface area (Å²) in [6.45, 7) is 0. The molecule has 1 aliphatic carbocycles. The van der Waals surface area contributed by atoms with E-state index in [9.17, 15) is 31.5 Å². The fourth-order valence-electron chi connectivity index (χ4n) is 4.10. The average molecular weight is 527 g/mol. The Morgan fingerprint density at radius 3 is 2.19 bits per heavy atom. The van der Waals surface area contributed by atoms with Gasteiger partial charge in [-0.25, -0.2) is 13.8 Å². The number of alkyl halides is 3.